The van der Waals surface area contributed by atoms with E-state index in [2.05, 4.69) is 20.4 Å². The van der Waals surface area contributed by atoms with Gasteiger partial charge in [0.05, 0.1) is 24.9 Å². The molecule has 0 aliphatic rings. The summed E-state index contributed by atoms with van der Waals surface area (Å²) >= 11 is 3.22. The van der Waals surface area contributed by atoms with Crippen molar-refractivity contribution in [2.45, 2.75) is 13.1 Å². The van der Waals surface area contributed by atoms with Crippen LogP contribution in [0.4, 0.5) is 0 Å². The third-order valence-electron chi connectivity index (χ3n) is 4.53. The van der Waals surface area contributed by atoms with E-state index in [-0.39, 0.29) is 0 Å². The van der Waals surface area contributed by atoms with E-state index < -0.39 is 8.56 Å². The maximum atomic E-state index is 6.37. The molecule has 0 amide bonds. The van der Waals surface area contributed by atoms with Crippen molar-refractivity contribution in [2.24, 2.45) is 20.4 Å². The molecule has 0 unspecified atom stereocenters. The van der Waals surface area contributed by atoms with Gasteiger partial charge < -0.3 is 8.85 Å². The summed E-state index contributed by atoms with van der Waals surface area (Å²) in [5, 5.41) is 20.6. The fourth-order valence-corrected chi connectivity index (χ4v) is 5.64. The van der Waals surface area contributed by atoms with Gasteiger partial charge in [-0.2, -0.15) is 20.4 Å². The molecule has 4 rings (SSSR count). The lowest BCUT2D eigenvalue weighted by Crippen LogP contribution is -2.42. The van der Waals surface area contributed by atoms with Crippen molar-refractivity contribution >= 4 is 56.1 Å². The number of para-hydroxylation sites is 2. The monoisotopic (exact) mass is 516 g/mol. The minimum atomic E-state index is -2.63. The summed E-state index contributed by atoms with van der Waals surface area (Å²) in [6.07, 6.45) is 6.84. The first kappa shape index (κ1) is 24.5. The quantitative estimate of drug-likeness (QED) is 0.131. The minimum Gasteiger partial charge on any atom is -0.512 e. The first-order chi connectivity index (χ1) is 17.1. The lowest BCUT2D eigenvalue weighted by Gasteiger charge is -2.26. The average molecular weight is 517 g/mol. The van der Waals surface area contributed by atoms with Crippen LogP contribution in [0.2, 0.25) is 13.1 Å². The van der Waals surface area contributed by atoms with E-state index in [0.717, 1.165) is 20.9 Å². The lowest BCUT2D eigenvalue weighted by molar-refractivity contribution is 0.399. The van der Waals surface area contributed by atoms with Crippen LogP contribution in [0.25, 0.3) is 0 Å². The zero-order valence-electron chi connectivity index (χ0n) is 19.3. The fraction of sp³-hybridized carbons (Fsp3) is 0.0769. The third kappa shape index (κ3) is 7.68. The Bertz CT molecular complexity index is 1230. The average Bonchev–Trinajstić information content (AvgIpc) is 3.56. The molecule has 4 aromatic rings. The van der Waals surface area contributed by atoms with Gasteiger partial charge in [0.2, 0.25) is 0 Å². The number of hydrogen-bond acceptors (Lipinski definition) is 8. The maximum Gasteiger partial charge on any atom is 0.454 e. The number of hydrogen-bond donors (Lipinski definition) is 0. The molecular formula is C26H24N4O2S2Si. The molecule has 0 bridgehead atoms. The Morgan fingerprint density at radius 2 is 1.00 bits per heavy atom. The first-order valence-corrected chi connectivity index (χ1v) is 15.4. The van der Waals surface area contributed by atoms with Crippen molar-refractivity contribution in [1.29, 1.82) is 0 Å². The van der Waals surface area contributed by atoms with Crippen LogP contribution in [-0.4, -0.2) is 33.4 Å². The van der Waals surface area contributed by atoms with Crippen LogP contribution in [-0.2, 0) is 0 Å². The number of benzene rings is 2. The zero-order chi connectivity index (χ0) is 24.3. The van der Waals surface area contributed by atoms with Crippen molar-refractivity contribution in [3.8, 4) is 11.5 Å². The van der Waals surface area contributed by atoms with E-state index in [1.54, 1.807) is 47.5 Å². The highest BCUT2D eigenvalue weighted by molar-refractivity contribution is 7.12. The summed E-state index contributed by atoms with van der Waals surface area (Å²) in [5.41, 5.74) is 1.66. The van der Waals surface area contributed by atoms with Gasteiger partial charge in [0.15, 0.2) is 0 Å². The van der Waals surface area contributed by atoms with Crippen LogP contribution >= 0.6 is 22.7 Å². The lowest BCUT2D eigenvalue weighted by atomic mass is 10.2. The molecule has 0 atom stereocenters. The second-order valence-electron chi connectivity index (χ2n) is 7.69. The summed E-state index contributed by atoms with van der Waals surface area (Å²) in [7, 11) is -2.63. The Morgan fingerprint density at radius 1 is 0.571 bits per heavy atom. The second kappa shape index (κ2) is 12.2. The second-order valence-corrected chi connectivity index (χ2v) is 12.9. The van der Waals surface area contributed by atoms with Crippen LogP contribution in [0.15, 0.2) is 104 Å². The Labute approximate surface area is 213 Å². The van der Waals surface area contributed by atoms with Gasteiger partial charge in [-0.3, -0.25) is 0 Å². The van der Waals surface area contributed by atoms with Gasteiger partial charge in [-0.15, -0.1) is 22.7 Å². The zero-order valence-corrected chi connectivity index (χ0v) is 21.9. The maximum absolute atomic E-state index is 6.37. The number of thiophene rings is 2. The van der Waals surface area contributed by atoms with Crippen LogP contribution in [0.3, 0.4) is 0 Å². The van der Waals surface area contributed by atoms with E-state index in [1.165, 1.54) is 0 Å². The van der Waals surface area contributed by atoms with Crippen LogP contribution in [0.5, 0.6) is 11.5 Å². The molecule has 9 heteroatoms. The van der Waals surface area contributed by atoms with Gasteiger partial charge in [0, 0.05) is 34.0 Å². The molecule has 0 radical (unpaired) electrons. The van der Waals surface area contributed by atoms with E-state index >= 15 is 0 Å². The van der Waals surface area contributed by atoms with Crippen LogP contribution in [0, 0.1) is 0 Å². The molecule has 2 aromatic heterocycles. The summed E-state index contributed by atoms with van der Waals surface area (Å²) in [6, 6.07) is 23.4. The van der Waals surface area contributed by atoms with Crippen molar-refractivity contribution in [1.82, 2.24) is 0 Å². The largest absolute Gasteiger partial charge is 0.512 e. The highest BCUT2D eigenvalue weighted by Gasteiger charge is 2.30. The van der Waals surface area contributed by atoms with Crippen molar-refractivity contribution in [3.63, 3.8) is 0 Å². The summed E-state index contributed by atoms with van der Waals surface area (Å²) < 4.78 is 12.7. The summed E-state index contributed by atoms with van der Waals surface area (Å²) in [4.78, 5) is 2.10. The fourth-order valence-electron chi connectivity index (χ4n) is 3.01. The standard InChI is InChI=1S/C26H24N4O2S2Si/c1-35(2,31-25-13-5-3-9-21(25)17-27-29-19-23-11-7-15-33-23)32-26-14-6-4-10-22(26)18-28-30-20-24-12-8-16-34-24/h3-20H,1-2H3/b27-17+,28-18+,29-19+,30-20+. The summed E-state index contributed by atoms with van der Waals surface area (Å²) in [5.74, 6) is 1.40. The van der Waals surface area contributed by atoms with Crippen molar-refractivity contribution < 1.29 is 8.85 Å². The van der Waals surface area contributed by atoms with E-state index in [4.69, 9.17) is 8.85 Å². The Hall–Kier alpha value is -3.66. The van der Waals surface area contributed by atoms with Gasteiger partial charge in [0.1, 0.15) is 11.5 Å². The van der Waals surface area contributed by atoms with Crippen molar-refractivity contribution in [2.75, 3.05) is 0 Å². The van der Waals surface area contributed by atoms with Crippen molar-refractivity contribution in [3.05, 3.63) is 104 Å². The minimum absolute atomic E-state index is 0.700. The highest BCUT2D eigenvalue weighted by Crippen LogP contribution is 2.25. The molecular weight excluding hydrogens is 493 g/mol. The third-order valence-corrected chi connectivity index (χ3v) is 7.57. The van der Waals surface area contributed by atoms with Gasteiger partial charge in [0.25, 0.3) is 0 Å². The predicted octanol–water partition coefficient (Wildman–Crippen LogP) is 6.88. The molecule has 0 N–H and O–H groups in total. The molecule has 176 valence electrons. The molecule has 2 heterocycles. The normalized spacial score (nSPS) is 12.4. The van der Waals surface area contributed by atoms with Gasteiger partial charge in [-0.25, -0.2) is 0 Å². The molecule has 0 spiro atoms. The SMILES string of the molecule is C[Si](C)(Oc1ccccc1/C=N/N=C/c1cccs1)Oc1ccccc1/C=N/N=C/c1cccs1. The topological polar surface area (TPSA) is 67.9 Å². The summed E-state index contributed by atoms with van der Waals surface area (Å²) in [6.45, 7) is 4.00. The van der Waals surface area contributed by atoms with Crippen LogP contribution < -0.4 is 8.85 Å². The number of nitrogens with zero attached hydrogens (tertiary/aromatic N) is 4. The Balaban J connectivity index is 1.44. The smallest absolute Gasteiger partial charge is 0.454 e. The first-order valence-electron chi connectivity index (χ1n) is 10.8. The molecule has 0 aliphatic heterocycles. The molecule has 2 aromatic carbocycles. The molecule has 0 aliphatic carbocycles. The van der Waals surface area contributed by atoms with Gasteiger partial charge >= 0.3 is 8.56 Å². The highest BCUT2D eigenvalue weighted by atomic mass is 32.1. The predicted molar refractivity (Wildman–Crippen MR) is 151 cm³/mol. The van der Waals surface area contributed by atoms with E-state index in [9.17, 15) is 0 Å². The van der Waals surface area contributed by atoms with E-state index in [0.29, 0.717) is 11.5 Å². The molecule has 35 heavy (non-hydrogen) atoms. The molecule has 0 saturated heterocycles. The molecule has 0 fully saturated rings. The molecule has 6 nitrogen and oxygen atoms in total. The molecule has 0 saturated carbocycles. The Morgan fingerprint density at radius 3 is 1.43 bits per heavy atom. The van der Waals surface area contributed by atoms with Gasteiger partial charge in [-0.1, -0.05) is 36.4 Å². The Kier molecular flexibility index (Phi) is 8.50. The number of rotatable bonds is 10. The van der Waals surface area contributed by atoms with Crippen LogP contribution in [0.1, 0.15) is 20.9 Å². The van der Waals surface area contributed by atoms with Gasteiger partial charge in [-0.05, 0) is 47.2 Å². The van der Waals surface area contributed by atoms with E-state index in [1.807, 2.05) is 96.7 Å².